The van der Waals surface area contributed by atoms with Gasteiger partial charge in [-0.25, -0.2) is 4.98 Å². The molecule has 1 aromatic rings. The number of pyridine rings is 1. The number of hydrogen-bond acceptors (Lipinski definition) is 2. The van der Waals surface area contributed by atoms with E-state index in [0.29, 0.717) is 0 Å². The van der Waals surface area contributed by atoms with Crippen molar-refractivity contribution >= 4 is 5.82 Å². The highest BCUT2D eigenvalue weighted by Gasteiger charge is 2.09. The minimum atomic E-state index is 1.00. The normalized spacial score (nSPS) is 13.7. The van der Waals surface area contributed by atoms with Crippen molar-refractivity contribution in [1.82, 2.24) is 4.98 Å². The molecule has 1 aliphatic heterocycles. The summed E-state index contributed by atoms with van der Waals surface area (Å²) in [5, 5.41) is 0. The van der Waals surface area contributed by atoms with E-state index in [9.17, 15) is 0 Å². The average Bonchev–Trinajstić information content (AvgIpc) is 2.45. The molecule has 1 aliphatic rings. The molecule has 0 saturated heterocycles. The molecule has 96 valence electrons. The minimum absolute atomic E-state index is 1.00. The first kappa shape index (κ1) is 15.7. The van der Waals surface area contributed by atoms with E-state index in [1.807, 2.05) is 46.0 Å². The highest BCUT2D eigenvalue weighted by Crippen LogP contribution is 2.15. The van der Waals surface area contributed by atoms with E-state index in [4.69, 9.17) is 0 Å². The Labute approximate surface area is 106 Å². The first-order valence-electron chi connectivity index (χ1n) is 6.68. The van der Waals surface area contributed by atoms with Crippen molar-refractivity contribution < 1.29 is 0 Å². The summed E-state index contributed by atoms with van der Waals surface area (Å²) in [5.41, 5.74) is 1.49. The van der Waals surface area contributed by atoms with Gasteiger partial charge in [0.05, 0.1) is 0 Å². The molecule has 2 nitrogen and oxygen atoms in total. The molecule has 0 aromatic carbocycles. The van der Waals surface area contributed by atoms with Crippen LogP contribution in [-0.4, -0.2) is 18.1 Å². The van der Waals surface area contributed by atoms with Crippen molar-refractivity contribution in [1.29, 1.82) is 0 Å². The number of hydrogen-bond donors (Lipinski definition) is 0. The van der Waals surface area contributed by atoms with Gasteiger partial charge in [0.15, 0.2) is 0 Å². The maximum Gasteiger partial charge on any atom is 0.128 e. The zero-order valence-corrected chi connectivity index (χ0v) is 11.9. The van der Waals surface area contributed by atoms with Crippen LogP contribution in [0.3, 0.4) is 0 Å². The van der Waals surface area contributed by atoms with Crippen molar-refractivity contribution in [2.75, 3.05) is 18.0 Å². The van der Waals surface area contributed by atoms with Gasteiger partial charge in [0.1, 0.15) is 5.82 Å². The van der Waals surface area contributed by atoms with Gasteiger partial charge < -0.3 is 4.90 Å². The van der Waals surface area contributed by atoms with Crippen molar-refractivity contribution in [2.45, 2.75) is 41.0 Å². The molecule has 0 spiro atoms. The molecule has 0 saturated carbocycles. The minimum Gasteiger partial charge on any atom is -0.353 e. The standard InChI is InChI=1S/C11H14N2.2C2H6/c1-10-5-8-13(9-6-10)11-4-2-3-7-12-11;2*1-2/h2-5,7H,6,8-9H2,1H3;2*1-2H3. The number of anilines is 1. The summed E-state index contributed by atoms with van der Waals surface area (Å²) in [6.07, 6.45) is 5.29. The van der Waals surface area contributed by atoms with Gasteiger partial charge in [0.2, 0.25) is 0 Å². The molecule has 0 radical (unpaired) electrons. The molecule has 0 amide bonds. The van der Waals surface area contributed by atoms with Gasteiger partial charge in [-0.05, 0) is 25.5 Å². The monoisotopic (exact) mass is 234 g/mol. The largest absolute Gasteiger partial charge is 0.353 e. The molecule has 0 atom stereocenters. The third kappa shape index (κ3) is 5.53. The van der Waals surface area contributed by atoms with Crippen molar-refractivity contribution in [3.8, 4) is 0 Å². The van der Waals surface area contributed by atoms with Crippen LogP contribution in [0.2, 0.25) is 0 Å². The van der Waals surface area contributed by atoms with Crippen LogP contribution in [0.25, 0.3) is 0 Å². The highest BCUT2D eigenvalue weighted by molar-refractivity contribution is 5.40. The molecular weight excluding hydrogens is 208 g/mol. The molecule has 17 heavy (non-hydrogen) atoms. The fourth-order valence-corrected chi connectivity index (χ4v) is 1.52. The summed E-state index contributed by atoms with van der Waals surface area (Å²) in [6.45, 7) is 12.3. The van der Waals surface area contributed by atoms with E-state index in [1.165, 1.54) is 5.57 Å². The van der Waals surface area contributed by atoms with Gasteiger partial charge >= 0.3 is 0 Å². The van der Waals surface area contributed by atoms with Crippen LogP contribution in [0, 0.1) is 0 Å². The number of rotatable bonds is 1. The number of nitrogens with zero attached hydrogens (tertiary/aromatic N) is 2. The van der Waals surface area contributed by atoms with Gasteiger partial charge in [-0.15, -0.1) is 0 Å². The van der Waals surface area contributed by atoms with E-state index >= 15 is 0 Å². The zero-order valence-electron chi connectivity index (χ0n) is 11.9. The SMILES string of the molecule is CC.CC.CC1=CCN(c2ccccn2)CC1. The first-order chi connectivity index (χ1) is 8.36. The predicted molar refractivity (Wildman–Crippen MR) is 77.5 cm³/mol. The second-order valence-electron chi connectivity index (χ2n) is 3.43. The van der Waals surface area contributed by atoms with Gasteiger partial charge in [-0.3, -0.25) is 0 Å². The lowest BCUT2D eigenvalue weighted by molar-refractivity contribution is 0.775. The molecule has 2 rings (SSSR count). The van der Waals surface area contributed by atoms with Crippen LogP contribution in [-0.2, 0) is 0 Å². The van der Waals surface area contributed by atoms with Gasteiger partial charge in [0.25, 0.3) is 0 Å². The predicted octanol–water partition coefficient (Wildman–Crippen LogP) is 4.29. The van der Waals surface area contributed by atoms with Gasteiger partial charge in [0, 0.05) is 19.3 Å². The summed E-state index contributed by atoms with van der Waals surface area (Å²) < 4.78 is 0. The smallest absolute Gasteiger partial charge is 0.128 e. The molecule has 0 unspecified atom stereocenters. The summed E-state index contributed by atoms with van der Waals surface area (Å²) in [5.74, 6) is 1.09. The third-order valence-corrected chi connectivity index (χ3v) is 2.41. The Balaban J connectivity index is 0.000000581. The van der Waals surface area contributed by atoms with E-state index in [-0.39, 0.29) is 0 Å². The quantitative estimate of drug-likeness (QED) is 0.674. The maximum atomic E-state index is 4.32. The van der Waals surface area contributed by atoms with Crippen LogP contribution in [0.5, 0.6) is 0 Å². The zero-order chi connectivity index (χ0) is 13.1. The molecular formula is C15H26N2. The molecule has 0 aliphatic carbocycles. The van der Waals surface area contributed by atoms with Crippen LogP contribution in [0.4, 0.5) is 5.82 Å². The summed E-state index contributed by atoms with van der Waals surface area (Å²) >= 11 is 0. The Hall–Kier alpha value is -1.31. The van der Waals surface area contributed by atoms with Crippen LogP contribution >= 0.6 is 0 Å². The van der Waals surface area contributed by atoms with Crippen LogP contribution in [0.15, 0.2) is 36.0 Å². The highest BCUT2D eigenvalue weighted by atomic mass is 15.2. The molecule has 1 aromatic heterocycles. The lowest BCUT2D eigenvalue weighted by Gasteiger charge is -2.26. The maximum absolute atomic E-state index is 4.32. The van der Waals surface area contributed by atoms with Gasteiger partial charge in [-0.1, -0.05) is 45.4 Å². The molecule has 2 heteroatoms. The van der Waals surface area contributed by atoms with E-state index in [1.54, 1.807) is 0 Å². The molecule has 0 fully saturated rings. The molecule has 0 N–H and O–H groups in total. The summed E-state index contributed by atoms with van der Waals surface area (Å²) in [6, 6.07) is 6.05. The topological polar surface area (TPSA) is 16.1 Å². The van der Waals surface area contributed by atoms with E-state index in [0.717, 1.165) is 25.3 Å². The average molecular weight is 234 g/mol. The van der Waals surface area contributed by atoms with Crippen molar-refractivity contribution in [3.05, 3.63) is 36.0 Å². The third-order valence-electron chi connectivity index (χ3n) is 2.41. The summed E-state index contributed by atoms with van der Waals surface area (Å²) in [7, 11) is 0. The fraction of sp³-hybridized carbons (Fsp3) is 0.533. The van der Waals surface area contributed by atoms with Crippen LogP contribution < -0.4 is 4.90 Å². The Morgan fingerprint density at radius 2 is 1.82 bits per heavy atom. The number of aromatic nitrogens is 1. The Bertz CT molecular complexity index is 304. The van der Waals surface area contributed by atoms with Crippen molar-refractivity contribution in [3.63, 3.8) is 0 Å². The Kier molecular flexibility index (Phi) is 9.12. The van der Waals surface area contributed by atoms with Crippen molar-refractivity contribution in [2.24, 2.45) is 0 Å². The lowest BCUT2D eigenvalue weighted by Crippen LogP contribution is -2.28. The van der Waals surface area contributed by atoms with E-state index in [2.05, 4.69) is 29.0 Å². The second-order valence-corrected chi connectivity index (χ2v) is 3.43. The second kappa shape index (κ2) is 9.88. The van der Waals surface area contributed by atoms with Crippen LogP contribution in [0.1, 0.15) is 41.0 Å². The first-order valence-corrected chi connectivity index (χ1v) is 6.68. The molecule has 0 bridgehead atoms. The lowest BCUT2D eigenvalue weighted by atomic mass is 10.1. The van der Waals surface area contributed by atoms with E-state index < -0.39 is 0 Å². The Morgan fingerprint density at radius 1 is 1.12 bits per heavy atom. The summed E-state index contributed by atoms with van der Waals surface area (Å²) in [4.78, 5) is 6.62. The van der Waals surface area contributed by atoms with Gasteiger partial charge in [-0.2, -0.15) is 0 Å². The Morgan fingerprint density at radius 3 is 2.29 bits per heavy atom. The molecule has 2 heterocycles. The fourth-order valence-electron chi connectivity index (χ4n) is 1.52.